The molecule has 0 aliphatic rings. The fraction of sp³-hybridized carbons (Fsp3) is 0.300. The summed E-state index contributed by atoms with van der Waals surface area (Å²) in [6, 6.07) is 6.81. The molecule has 0 fully saturated rings. The molecule has 1 rings (SSSR count). The van der Waals surface area contributed by atoms with Crippen molar-refractivity contribution in [1.82, 2.24) is 0 Å². The second-order valence-electron chi connectivity index (χ2n) is 2.80. The van der Waals surface area contributed by atoms with E-state index in [1.807, 2.05) is 0 Å². The SMILES string of the molecule is COC(Oc1ccc(CCl)cc1)C(=O)O. The van der Waals surface area contributed by atoms with Crippen LogP contribution in [0.1, 0.15) is 5.56 Å². The smallest absolute Gasteiger partial charge is 0.373 e. The van der Waals surface area contributed by atoms with Gasteiger partial charge < -0.3 is 14.6 Å². The lowest BCUT2D eigenvalue weighted by molar-refractivity contribution is -0.166. The van der Waals surface area contributed by atoms with Crippen LogP contribution in [0, 0.1) is 0 Å². The maximum absolute atomic E-state index is 10.6. The molecule has 1 aromatic carbocycles. The minimum absolute atomic E-state index is 0.410. The average molecular weight is 231 g/mol. The number of hydrogen-bond donors (Lipinski definition) is 1. The normalized spacial score (nSPS) is 12.1. The van der Waals surface area contributed by atoms with E-state index in [2.05, 4.69) is 4.74 Å². The molecule has 1 N–H and O–H groups in total. The molecule has 0 amide bonds. The van der Waals surface area contributed by atoms with E-state index in [-0.39, 0.29) is 0 Å². The van der Waals surface area contributed by atoms with E-state index in [9.17, 15) is 4.79 Å². The first-order valence-electron chi connectivity index (χ1n) is 4.24. The Balaban J connectivity index is 2.67. The summed E-state index contributed by atoms with van der Waals surface area (Å²) in [5.41, 5.74) is 0.938. The van der Waals surface area contributed by atoms with Crippen molar-refractivity contribution in [2.75, 3.05) is 7.11 Å². The van der Waals surface area contributed by atoms with Crippen LogP contribution in [0.5, 0.6) is 5.75 Å². The van der Waals surface area contributed by atoms with Crippen LogP contribution in [-0.4, -0.2) is 24.5 Å². The molecule has 0 aliphatic heterocycles. The van der Waals surface area contributed by atoms with E-state index in [1.54, 1.807) is 24.3 Å². The number of carboxylic acids is 1. The van der Waals surface area contributed by atoms with Gasteiger partial charge in [0.25, 0.3) is 6.29 Å². The molecule has 4 nitrogen and oxygen atoms in total. The molecule has 15 heavy (non-hydrogen) atoms. The van der Waals surface area contributed by atoms with Crippen molar-refractivity contribution in [2.45, 2.75) is 12.2 Å². The van der Waals surface area contributed by atoms with E-state index in [0.29, 0.717) is 11.6 Å². The number of ether oxygens (including phenoxy) is 2. The van der Waals surface area contributed by atoms with E-state index in [0.717, 1.165) is 5.56 Å². The van der Waals surface area contributed by atoms with Gasteiger partial charge in [-0.3, -0.25) is 0 Å². The van der Waals surface area contributed by atoms with Gasteiger partial charge in [-0.2, -0.15) is 0 Å². The molecule has 0 spiro atoms. The summed E-state index contributed by atoms with van der Waals surface area (Å²) in [6.07, 6.45) is -1.29. The Kier molecular flexibility index (Phi) is 4.39. The third kappa shape index (κ3) is 3.42. The molecule has 1 aromatic rings. The highest BCUT2D eigenvalue weighted by atomic mass is 35.5. The highest BCUT2D eigenvalue weighted by Gasteiger charge is 2.17. The van der Waals surface area contributed by atoms with Gasteiger partial charge in [-0.15, -0.1) is 11.6 Å². The van der Waals surface area contributed by atoms with Gasteiger partial charge >= 0.3 is 5.97 Å². The molecular formula is C10H11ClO4. The minimum atomic E-state index is -1.29. The Bertz CT molecular complexity index is 323. The number of rotatable bonds is 5. The Morgan fingerprint density at radius 1 is 1.47 bits per heavy atom. The van der Waals surface area contributed by atoms with Crippen molar-refractivity contribution < 1.29 is 19.4 Å². The number of hydrogen-bond acceptors (Lipinski definition) is 3. The first kappa shape index (κ1) is 11.8. The number of aliphatic carboxylic acids is 1. The number of alkyl halides is 1. The summed E-state index contributed by atoms with van der Waals surface area (Å²) in [5.74, 6) is -0.329. The summed E-state index contributed by atoms with van der Waals surface area (Å²) in [5, 5.41) is 8.66. The highest BCUT2D eigenvalue weighted by molar-refractivity contribution is 6.17. The lowest BCUT2D eigenvalue weighted by Crippen LogP contribution is -2.28. The highest BCUT2D eigenvalue weighted by Crippen LogP contribution is 2.15. The van der Waals surface area contributed by atoms with E-state index < -0.39 is 12.3 Å². The summed E-state index contributed by atoms with van der Waals surface area (Å²) >= 11 is 5.60. The van der Waals surface area contributed by atoms with Crippen LogP contribution in [0.4, 0.5) is 0 Å². The first-order chi connectivity index (χ1) is 7.17. The molecule has 0 heterocycles. The third-order valence-electron chi connectivity index (χ3n) is 1.74. The Morgan fingerprint density at radius 2 is 2.07 bits per heavy atom. The number of halogens is 1. The fourth-order valence-electron chi connectivity index (χ4n) is 0.980. The number of methoxy groups -OCH3 is 1. The lowest BCUT2D eigenvalue weighted by atomic mass is 10.2. The number of carbonyl (C=O) groups is 1. The zero-order chi connectivity index (χ0) is 11.3. The third-order valence-corrected chi connectivity index (χ3v) is 2.05. The van der Waals surface area contributed by atoms with Gasteiger partial charge in [0.2, 0.25) is 0 Å². The summed E-state index contributed by atoms with van der Waals surface area (Å²) in [7, 11) is 1.27. The molecular weight excluding hydrogens is 220 g/mol. The zero-order valence-corrected chi connectivity index (χ0v) is 8.90. The summed E-state index contributed by atoms with van der Waals surface area (Å²) in [4.78, 5) is 10.6. The van der Waals surface area contributed by atoms with Crippen molar-refractivity contribution >= 4 is 17.6 Å². The fourth-order valence-corrected chi connectivity index (χ4v) is 1.16. The predicted octanol–water partition coefficient (Wildman–Crippen LogP) is 1.86. The van der Waals surface area contributed by atoms with Crippen LogP contribution in [0.25, 0.3) is 0 Å². The molecule has 82 valence electrons. The Morgan fingerprint density at radius 3 is 2.47 bits per heavy atom. The molecule has 1 unspecified atom stereocenters. The Labute approximate surface area is 92.4 Å². The van der Waals surface area contributed by atoms with Crippen molar-refractivity contribution in [3.63, 3.8) is 0 Å². The molecule has 1 atom stereocenters. The maximum atomic E-state index is 10.6. The van der Waals surface area contributed by atoms with Gasteiger partial charge in [0.1, 0.15) is 5.75 Å². The maximum Gasteiger partial charge on any atom is 0.373 e. The standard InChI is InChI=1S/C10H11ClO4/c1-14-10(9(12)13)15-8-4-2-7(6-11)3-5-8/h2-5,10H,6H2,1H3,(H,12,13). The quantitative estimate of drug-likeness (QED) is 0.620. The van der Waals surface area contributed by atoms with Gasteiger partial charge in [-0.05, 0) is 17.7 Å². The van der Waals surface area contributed by atoms with Gasteiger partial charge in [-0.25, -0.2) is 4.79 Å². The molecule has 5 heteroatoms. The van der Waals surface area contributed by atoms with Gasteiger partial charge in [0.15, 0.2) is 0 Å². The topological polar surface area (TPSA) is 55.8 Å². The Hall–Kier alpha value is -1.26. The van der Waals surface area contributed by atoms with Gasteiger partial charge in [0.05, 0.1) is 0 Å². The molecule has 0 bridgehead atoms. The summed E-state index contributed by atoms with van der Waals surface area (Å²) < 4.78 is 9.68. The number of benzene rings is 1. The molecule has 0 radical (unpaired) electrons. The van der Waals surface area contributed by atoms with Crippen LogP contribution in [0.3, 0.4) is 0 Å². The second kappa shape index (κ2) is 5.58. The first-order valence-corrected chi connectivity index (χ1v) is 4.78. The minimum Gasteiger partial charge on any atom is -0.477 e. The van der Waals surface area contributed by atoms with E-state index in [1.165, 1.54) is 7.11 Å². The van der Waals surface area contributed by atoms with Crippen molar-refractivity contribution in [3.8, 4) is 5.75 Å². The zero-order valence-electron chi connectivity index (χ0n) is 8.14. The van der Waals surface area contributed by atoms with Crippen LogP contribution in [0.15, 0.2) is 24.3 Å². The van der Waals surface area contributed by atoms with E-state index >= 15 is 0 Å². The van der Waals surface area contributed by atoms with Crippen molar-refractivity contribution in [3.05, 3.63) is 29.8 Å². The van der Waals surface area contributed by atoms with Crippen LogP contribution < -0.4 is 4.74 Å². The predicted molar refractivity (Wildman–Crippen MR) is 55.1 cm³/mol. The van der Waals surface area contributed by atoms with E-state index in [4.69, 9.17) is 21.4 Å². The summed E-state index contributed by atoms with van der Waals surface area (Å²) in [6.45, 7) is 0. The van der Waals surface area contributed by atoms with Gasteiger partial charge in [-0.1, -0.05) is 12.1 Å². The average Bonchev–Trinajstić information content (AvgIpc) is 2.26. The molecule has 0 saturated heterocycles. The van der Waals surface area contributed by atoms with Crippen LogP contribution >= 0.6 is 11.6 Å². The van der Waals surface area contributed by atoms with Gasteiger partial charge in [0, 0.05) is 13.0 Å². The van der Waals surface area contributed by atoms with Crippen LogP contribution in [-0.2, 0) is 15.4 Å². The number of carboxylic acid groups (broad SMARTS) is 1. The van der Waals surface area contributed by atoms with Crippen molar-refractivity contribution in [1.29, 1.82) is 0 Å². The van der Waals surface area contributed by atoms with Crippen molar-refractivity contribution in [2.24, 2.45) is 0 Å². The second-order valence-corrected chi connectivity index (χ2v) is 3.07. The van der Waals surface area contributed by atoms with Crippen LogP contribution in [0.2, 0.25) is 0 Å². The molecule has 0 saturated carbocycles. The molecule has 0 aliphatic carbocycles. The monoisotopic (exact) mass is 230 g/mol. The largest absolute Gasteiger partial charge is 0.477 e. The molecule has 0 aromatic heterocycles. The lowest BCUT2D eigenvalue weighted by Gasteiger charge is -2.12.